The van der Waals surface area contributed by atoms with Crippen LogP contribution in [0.5, 0.6) is 11.5 Å². The van der Waals surface area contributed by atoms with Gasteiger partial charge in [-0.3, -0.25) is 14.5 Å². The SMILES string of the molecule is O=C1c2c(c(O)c3nccnc3c2O)C(=O)N1Cc1ccc(F)c(Br)c1. The Labute approximate surface area is 153 Å². The maximum absolute atomic E-state index is 13.4. The number of carbonyl (C=O) groups is 2. The molecular formula is C17H9BrFN3O4. The van der Waals surface area contributed by atoms with Crippen molar-refractivity contribution in [1.82, 2.24) is 14.9 Å². The molecule has 1 aliphatic heterocycles. The van der Waals surface area contributed by atoms with Crippen LogP contribution in [0.2, 0.25) is 0 Å². The molecule has 0 saturated heterocycles. The molecule has 9 heteroatoms. The van der Waals surface area contributed by atoms with Gasteiger partial charge in [-0.25, -0.2) is 14.4 Å². The number of rotatable bonds is 2. The van der Waals surface area contributed by atoms with Crippen LogP contribution in [-0.2, 0) is 6.54 Å². The maximum atomic E-state index is 13.4. The van der Waals surface area contributed by atoms with Crippen molar-refractivity contribution in [1.29, 1.82) is 0 Å². The number of phenols is 2. The van der Waals surface area contributed by atoms with E-state index in [9.17, 15) is 24.2 Å². The Hall–Kier alpha value is -3.07. The number of carbonyl (C=O) groups excluding carboxylic acids is 2. The quantitative estimate of drug-likeness (QED) is 0.490. The van der Waals surface area contributed by atoms with Gasteiger partial charge in [-0.05, 0) is 33.6 Å². The van der Waals surface area contributed by atoms with E-state index < -0.39 is 29.1 Å². The summed E-state index contributed by atoms with van der Waals surface area (Å²) in [6.07, 6.45) is 2.59. The van der Waals surface area contributed by atoms with E-state index in [-0.39, 0.29) is 33.2 Å². The highest BCUT2D eigenvalue weighted by atomic mass is 79.9. The first-order chi connectivity index (χ1) is 12.4. The molecule has 3 aromatic rings. The number of hydrogen-bond donors (Lipinski definition) is 2. The average Bonchev–Trinajstić information content (AvgIpc) is 2.88. The van der Waals surface area contributed by atoms with Crippen molar-refractivity contribution in [2.75, 3.05) is 0 Å². The van der Waals surface area contributed by atoms with Crippen molar-refractivity contribution >= 4 is 38.8 Å². The van der Waals surface area contributed by atoms with Gasteiger partial charge in [-0.2, -0.15) is 0 Å². The van der Waals surface area contributed by atoms with Crippen LogP contribution < -0.4 is 0 Å². The average molecular weight is 418 g/mol. The predicted octanol–water partition coefficient (Wildman–Crippen LogP) is 2.74. The molecule has 130 valence electrons. The van der Waals surface area contributed by atoms with Gasteiger partial charge >= 0.3 is 0 Å². The van der Waals surface area contributed by atoms with E-state index in [4.69, 9.17) is 0 Å². The molecule has 0 aliphatic carbocycles. The first-order valence-corrected chi connectivity index (χ1v) is 8.18. The van der Waals surface area contributed by atoms with Crippen LogP contribution in [0, 0.1) is 5.82 Å². The van der Waals surface area contributed by atoms with Crippen LogP contribution in [0.3, 0.4) is 0 Å². The first-order valence-electron chi connectivity index (χ1n) is 7.39. The molecule has 0 radical (unpaired) electrons. The third-order valence-electron chi connectivity index (χ3n) is 4.11. The Morgan fingerprint density at radius 3 is 2.04 bits per heavy atom. The van der Waals surface area contributed by atoms with Crippen molar-refractivity contribution in [3.8, 4) is 11.5 Å². The Kier molecular flexibility index (Phi) is 3.62. The van der Waals surface area contributed by atoms with E-state index in [0.29, 0.717) is 5.56 Å². The third-order valence-corrected chi connectivity index (χ3v) is 4.72. The summed E-state index contributed by atoms with van der Waals surface area (Å²) in [6, 6.07) is 4.08. The molecule has 0 saturated carbocycles. The van der Waals surface area contributed by atoms with E-state index in [1.807, 2.05) is 0 Å². The highest BCUT2D eigenvalue weighted by molar-refractivity contribution is 9.10. The van der Waals surface area contributed by atoms with Gasteiger partial charge in [0.15, 0.2) is 11.5 Å². The lowest BCUT2D eigenvalue weighted by atomic mass is 10.1. The fourth-order valence-electron chi connectivity index (χ4n) is 2.90. The number of halogens is 2. The minimum absolute atomic E-state index is 0.0729. The summed E-state index contributed by atoms with van der Waals surface area (Å²) in [7, 11) is 0. The molecule has 2 heterocycles. The van der Waals surface area contributed by atoms with Crippen LogP contribution >= 0.6 is 15.9 Å². The van der Waals surface area contributed by atoms with Gasteiger partial charge in [-0.15, -0.1) is 0 Å². The van der Waals surface area contributed by atoms with Gasteiger partial charge in [0.05, 0.1) is 11.0 Å². The zero-order valence-corrected chi connectivity index (χ0v) is 14.5. The van der Waals surface area contributed by atoms with Crippen molar-refractivity contribution in [2.24, 2.45) is 0 Å². The van der Waals surface area contributed by atoms with Gasteiger partial charge in [0.2, 0.25) is 0 Å². The van der Waals surface area contributed by atoms with E-state index >= 15 is 0 Å². The van der Waals surface area contributed by atoms with Crippen LogP contribution in [0.25, 0.3) is 11.0 Å². The molecule has 1 aliphatic rings. The zero-order valence-electron chi connectivity index (χ0n) is 12.9. The van der Waals surface area contributed by atoms with Gasteiger partial charge < -0.3 is 10.2 Å². The molecule has 4 rings (SSSR count). The maximum Gasteiger partial charge on any atom is 0.265 e. The molecule has 2 aromatic carbocycles. The lowest BCUT2D eigenvalue weighted by Gasteiger charge is -2.14. The number of amides is 2. The van der Waals surface area contributed by atoms with Crippen molar-refractivity contribution in [2.45, 2.75) is 6.54 Å². The van der Waals surface area contributed by atoms with Crippen molar-refractivity contribution in [3.05, 3.63) is 57.6 Å². The largest absolute Gasteiger partial charge is 0.505 e. The molecule has 0 unspecified atom stereocenters. The van der Waals surface area contributed by atoms with E-state index in [0.717, 1.165) is 4.90 Å². The lowest BCUT2D eigenvalue weighted by molar-refractivity contribution is 0.0641. The van der Waals surface area contributed by atoms with Crippen LogP contribution in [0.1, 0.15) is 26.3 Å². The summed E-state index contributed by atoms with van der Waals surface area (Å²) in [5, 5.41) is 20.8. The number of aromatic nitrogens is 2. The second-order valence-electron chi connectivity index (χ2n) is 5.65. The minimum atomic E-state index is -0.772. The smallest absolute Gasteiger partial charge is 0.265 e. The van der Waals surface area contributed by atoms with Crippen LogP contribution in [0.15, 0.2) is 35.1 Å². The molecule has 1 aromatic heterocycles. The summed E-state index contributed by atoms with van der Waals surface area (Å²) in [5.41, 5.74) is -0.288. The summed E-state index contributed by atoms with van der Waals surface area (Å²) < 4.78 is 13.6. The van der Waals surface area contributed by atoms with Gasteiger partial charge in [0, 0.05) is 12.4 Å². The number of nitrogens with zero attached hydrogens (tertiary/aromatic N) is 3. The lowest BCUT2D eigenvalue weighted by Crippen LogP contribution is -2.29. The number of benzene rings is 2. The van der Waals surface area contributed by atoms with Gasteiger partial charge in [0.25, 0.3) is 11.8 Å². The number of fused-ring (bicyclic) bond motifs is 2. The second-order valence-corrected chi connectivity index (χ2v) is 6.50. The second kappa shape index (κ2) is 5.73. The minimum Gasteiger partial charge on any atom is -0.505 e. The topological polar surface area (TPSA) is 104 Å². The molecule has 0 bridgehead atoms. The van der Waals surface area contributed by atoms with Crippen LogP contribution in [0.4, 0.5) is 4.39 Å². The summed E-state index contributed by atoms with van der Waals surface area (Å²) >= 11 is 3.05. The molecule has 0 atom stereocenters. The van der Waals surface area contributed by atoms with Gasteiger partial charge in [0.1, 0.15) is 28.0 Å². The molecule has 2 N–H and O–H groups in total. The van der Waals surface area contributed by atoms with Gasteiger partial charge in [-0.1, -0.05) is 6.07 Å². The Morgan fingerprint density at radius 1 is 1.00 bits per heavy atom. The molecule has 0 spiro atoms. The Bertz CT molecular complexity index is 1060. The number of phenolic OH excluding ortho intramolecular Hbond substituents is 2. The number of imide groups is 1. The molecular weight excluding hydrogens is 409 g/mol. The highest BCUT2D eigenvalue weighted by Crippen LogP contribution is 2.42. The molecule has 2 amide bonds. The van der Waals surface area contributed by atoms with E-state index in [1.165, 1.54) is 30.6 Å². The normalized spacial score (nSPS) is 13.5. The fraction of sp³-hybridized carbons (Fsp3) is 0.0588. The number of hydrogen-bond acceptors (Lipinski definition) is 6. The summed E-state index contributed by atoms with van der Waals surface area (Å²) in [6.45, 7) is -0.151. The Morgan fingerprint density at radius 2 is 1.54 bits per heavy atom. The summed E-state index contributed by atoms with van der Waals surface area (Å²) in [5.74, 6) is -3.05. The van der Waals surface area contributed by atoms with E-state index in [1.54, 1.807) is 0 Å². The monoisotopic (exact) mass is 417 g/mol. The molecule has 0 fully saturated rings. The number of aromatic hydroxyl groups is 2. The molecule has 7 nitrogen and oxygen atoms in total. The third kappa shape index (κ3) is 2.24. The predicted molar refractivity (Wildman–Crippen MR) is 91.2 cm³/mol. The molecule has 26 heavy (non-hydrogen) atoms. The first kappa shape index (κ1) is 16.4. The standard InChI is InChI=1S/C17H9BrFN3O4/c18-8-5-7(1-2-9(8)19)6-22-16(25)10-11(17(22)26)15(24)13-12(14(10)23)20-3-4-21-13/h1-5,23-24H,6H2. The van der Waals surface area contributed by atoms with Crippen LogP contribution in [-0.4, -0.2) is 36.9 Å². The van der Waals surface area contributed by atoms with Crippen molar-refractivity contribution in [3.63, 3.8) is 0 Å². The Balaban J connectivity index is 1.83. The zero-order chi connectivity index (χ0) is 18.6. The summed E-state index contributed by atoms with van der Waals surface area (Å²) in [4.78, 5) is 34.0. The van der Waals surface area contributed by atoms with E-state index in [2.05, 4.69) is 25.9 Å². The fourth-order valence-corrected chi connectivity index (χ4v) is 3.33. The van der Waals surface area contributed by atoms with Crippen molar-refractivity contribution < 1.29 is 24.2 Å². The highest BCUT2D eigenvalue weighted by Gasteiger charge is 2.42.